The molecule has 0 aliphatic heterocycles. The third kappa shape index (κ3) is 4.13. The number of carbonyl (C=O) groups excluding carboxylic acids is 1. The van der Waals surface area contributed by atoms with Gasteiger partial charge in [-0.25, -0.2) is 8.42 Å². The Balaban J connectivity index is 2.03. The van der Waals surface area contributed by atoms with Crippen molar-refractivity contribution in [3.8, 4) is 0 Å². The van der Waals surface area contributed by atoms with E-state index in [2.05, 4.69) is 31.1 Å². The smallest absolute Gasteiger partial charge is 0.250 e. The zero-order valence-electron chi connectivity index (χ0n) is 11.1. The molecule has 10 heteroatoms. The Hall–Kier alpha value is -1.23. The molecule has 0 aliphatic rings. The highest BCUT2D eigenvalue weighted by Gasteiger charge is 2.23. The molecule has 2 aromatic rings. The molecule has 0 saturated heterocycles. The van der Waals surface area contributed by atoms with Crippen molar-refractivity contribution in [2.75, 3.05) is 5.32 Å². The minimum atomic E-state index is -3.74. The Morgan fingerprint density at radius 3 is 2.71 bits per heavy atom. The van der Waals surface area contributed by atoms with E-state index in [1.54, 1.807) is 13.0 Å². The van der Waals surface area contributed by atoms with Crippen LogP contribution in [0.2, 0.25) is 0 Å². The molecule has 2 heterocycles. The molecule has 0 aliphatic carbocycles. The van der Waals surface area contributed by atoms with Crippen molar-refractivity contribution >= 4 is 49.0 Å². The minimum absolute atomic E-state index is 0.131. The maximum Gasteiger partial charge on any atom is 0.250 e. The summed E-state index contributed by atoms with van der Waals surface area (Å²) in [5.41, 5.74) is 0. The molecule has 0 spiro atoms. The van der Waals surface area contributed by atoms with Crippen LogP contribution in [0.1, 0.15) is 12.7 Å². The van der Waals surface area contributed by atoms with E-state index in [-0.39, 0.29) is 10.0 Å². The first kappa shape index (κ1) is 16.1. The van der Waals surface area contributed by atoms with Gasteiger partial charge in [0.25, 0.3) is 10.0 Å². The molecule has 114 valence electrons. The third-order valence-electron chi connectivity index (χ3n) is 2.42. The van der Waals surface area contributed by atoms with Crippen molar-refractivity contribution in [2.45, 2.75) is 24.1 Å². The molecule has 1 amide bonds. The van der Waals surface area contributed by atoms with E-state index in [9.17, 15) is 13.2 Å². The molecule has 2 rings (SSSR count). The Morgan fingerprint density at radius 2 is 2.19 bits per heavy atom. The molecule has 0 fully saturated rings. The van der Waals surface area contributed by atoms with Crippen LogP contribution in [0.3, 0.4) is 0 Å². The lowest BCUT2D eigenvalue weighted by molar-refractivity contribution is -0.117. The lowest BCUT2D eigenvalue weighted by Gasteiger charge is -2.12. The van der Waals surface area contributed by atoms with Gasteiger partial charge >= 0.3 is 0 Å². The fraction of sp³-hybridized carbons (Fsp3) is 0.273. The summed E-state index contributed by atoms with van der Waals surface area (Å²) in [6.07, 6.45) is 0. The fourth-order valence-corrected chi connectivity index (χ4v) is 4.68. The second-order valence-corrected chi connectivity index (χ2v) is 8.62. The van der Waals surface area contributed by atoms with E-state index in [1.165, 1.54) is 19.1 Å². The number of hydrogen-bond acceptors (Lipinski definition) is 6. The summed E-state index contributed by atoms with van der Waals surface area (Å²) in [5, 5.41) is 6.07. The summed E-state index contributed by atoms with van der Waals surface area (Å²) in [5.74, 6) is 0.256. The number of halogens is 1. The molecule has 21 heavy (non-hydrogen) atoms. The first-order valence-corrected chi connectivity index (χ1v) is 8.89. The highest BCUT2D eigenvalue weighted by Crippen LogP contribution is 2.26. The fourth-order valence-electron chi connectivity index (χ4n) is 1.45. The molecule has 1 atom stereocenters. The van der Waals surface area contributed by atoms with E-state index >= 15 is 0 Å². The highest BCUT2D eigenvalue weighted by molar-refractivity contribution is 9.11. The van der Waals surface area contributed by atoms with Crippen LogP contribution in [-0.2, 0) is 14.8 Å². The van der Waals surface area contributed by atoms with Crippen LogP contribution in [-0.4, -0.2) is 25.5 Å². The number of thiophene rings is 1. The molecular weight excluding hydrogens is 382 g/mol. The normalized spacial score (nSPS) is 13.1. The van der Waals surface area contributed by atoms with Crippen LogP contribution < -0.4 is 10.0 Å². The van der Waals surface area contributed by atoms with Crippen LogP contribution in [0.15, 0.2) is 30.7 Å². The number of aryl methyl sites for hydroxylation is 1. The Bertz CT molecular complexity index is 753. The largest absolute Gasteiger partial charge is 0.360 e. The Labute approximate surface area is 133 Å². The maximum atomic E-state index is 12.1. The van der Waals surface area contributed by atoms with Gasteiger partial charge in [0, 0.05) is 6.07 Å². The topological polar surface area (TPSA) is 101 Å². The van der Waals surface area contributed by atoms with Gasteiger partial charge in [0.05, 0.1) is 9.83 Å². The molecule has 2 aromatic heterocycles. The summed E-state index contributed by atoms with van der Waals surface area (Å²) >= 11 is 4.26. The number of rotatable bonds is 5. The second-order valence-electron chi connectivity index (χ2n) is 4.21. The Kier molecular flexibility index (Phi) is 4.81. The molecule has 0 bridgehead atoms. The lowest BCUT2D eigenvalue weighted by Crippen LogP contribution is -2.41. The molecule has 0 aromatic carbocycles. The van der Waals surface area contributed by atoms with E-state index < -0.39 is 22.0 Å². The van der Waals surface area contributed by atoms with Gasteiger partial charge in [0.15, 0.2) is 5.82 Å². The average Bonchev–Trinajstić information content (AvgIpc) is 2.98. The number of anilines is 1. The zero-order chi connectivity index (χ0) is 15.6. The first-order chi connectivity index (χ1) is 9.78. The number of amides is 1. The molecule has 0 radical (unpaired) electrons. The van der Waals surface area contributed by atoms with Crippen molar-refractivity contribution in [2.24, 2.45) is 0 Å². The summed E-state index contributed by atoms with van der Waals surface area (Å²) in [6.45, 7) is 3.13. The minimum Gasteiger partial charge on any atom is -0.360 e. The summed E-state index contributed by atoms with van der Waals surface area (Å²) in [4.78, 5) is 11.9. The zero-order valence-corrected chi connectivity index (χ0v) is 14.3. The highest BCUT2D eigenvalue weighted by atomic mass is 79.9. The number of nitrogens with one attached hydrogen (secondary N) is 2. The van der Waals surface area contributed by atoms with Crippen LogP contribution in [0.5, 0.6) is 0 Å². The SMILES string of the molecule is Cc1cc(NC(=O)[C@@H](C)NS(=O)(=O)c2ccc(Br)s2)no1. The monoisotopic (exact) mass is 393 g/mol. The van der Waals surface area contributed by atoms with Gasteiger partial charge in [0.1, 0.15) is 9.97 Å². The van der Waals surface area contributed by atoms with Gasteiger partial charge in [-0.3, -0.25) is 4.79 Å². The number of aromatic nitrogens is 1. The van der Waals surface area contributed by atoms with Gasteiger partial charge in [-0.15, -0.1) is 11.3 Å². The van der Waals surface area contributed by atoms with Gasteiger partial charge in [0.2, 0.25) is 5.91 Å². The Morgan fingerprint density at radius 1 is 1.48 bits per heavy atom. The maximum absolute atomic E-state index is 12.1. The standard InChI is InChI=1S/C11H12BrN3O4S2/c1-6-5-9(14-19-6)13-11(16)7(2)15-21(17,18)10-4-3-8(12)20-10/h3-5,7,15H,1-2H3,(H,13,14,16)/t7-/m1/s1. The average molecular weight is 394 g/mol. The van der Waals surface area contributed by atoms with Gasteiger partial charge in [-0.1, -0.05) is 5.16 Å². The van der Waals surface area contributed by atoms with Crippen molar-refractivity contribution in [3.63, 3.8) is 0 Å². The number of hydrogen-bond donors (Lipinski definition) is 2. The van der Waals surface area contributed by atoms with Crippen molar-refractivity contribution in [1.82, 2.24) is 9.88 Å². The third-order valence-corrected chi connectivity index (χ3v) is 6.07. The van der Waals surface area contributed by atoms with Crippen molar-refractivity contribution < 1.29 is 17.7 Å². The second kappa shape index (κ2) is 6.26. The number of carbonyl (C=O) groups is 1. The van der Waals surface area contributed by atoms with E-state index in [0.717, 1.165) is 11.3 Å². The van der Waals surface area contributed by atoms with Crippen LogP contribution in [0.25, 0.3) is 0 Å². The van der Waals surface area contributed by atoms with E-state index in [0.29, 0.717) is 9.55 Å². The van der Waals surface area contributed by atoms with Gasteiger partial charge in [-0.2, -0.15) is 4.72 Å². The van der Waals surface area contributed by atoms with Gasteiger partial charge < -0.3 is 9.84 Å². The number of sulfonamides is 1. The van der Waals surface area contributed by atoms with Crippen LogP contribution in [0.4, 0.5) is 5.82 Å². The summed E-state index contributed by atoms with van der Waals surface area (Å²) < 4.78 is 32.1. The van der Waals surface area contributed by atoms with Crippen LogP contribution >= 0.6 is 27.3 Å². The molecule has 0 saturated carbocycles. The first-order valence-electron chi connectivity index (χ1n) is 5.80. The number of nitrogens with zero attached hydrogens (tertiary/aromatic N) is 1. The van der Waals surface area contributed by atoms with Gasteiger partial charge in [-0.05, 0) is 41.9 Å². The van der Waals surface area contributed by atoms with Crippen molar-refractivity contribution in [3.05, 3.63) is 27.7 Å². The predicted molar refractivity (Wildman–Crippen MR) is 81.7 cm³/mol. The summed E-state index contributed by atoms with van der Waals surface area (Å²) in [6, 6.07) is 3.67. The van der Waals surface area contributed by atoms with Crippen LogP contribution in [0, 0.1) is 6.92 Å². The molecular formula is C11H12BrN3O4S2. The lowest BCUT2D eigenvalue weighted by atomic mass is 10.3. The quantitative estimate of drug-likeness (QED) is 0.809. The van der Waals surface area contributed by atoms with E-state index in [4.69, 9.17) is 4.52 Å². The molecule has 0 unspecified atom stereocenters. The predicted octanol–water partition coefficient (Wildman–Crippen LogP) is 2.11. The van der Waals surface area contributed by atoms with E-state index in [1.807, 2.05) is 0 Å². The van der Waals surface area contributed by atoms with Crippen molar-refractivity contribution in [1.29, 1.82) is 0 Å². The summed E-state index contributed by atoms with van der Waals surface area (Å²) in [7, 11) is -3.74. The molecule has 2 N–H and O–H groups in total. The molecule has 7 nitrogen and oxygen atoms in total.